The van der Waals surface area contributed by atoms with Gasteiger partial charge in [-0.1, -0.05) is 18.2 Å². The molecule has 0 unspecified atom stereocenters. The largest absolute Gasteiger partial charge is 0.489 e. The molecule has 2 N–H and O–H groups in total. The first-order chi connectivity index (χ1) is 10.5. The molecule has 0 atom stereocenters. The highest BCUT2D eigenvalue weighted by molar-refractivity contribution is 7.95. The lowest BCUT2D eigenvalue weighted by Crippen LogP contribution is -2.02. The van der Waals surface area contributed by atoms with E-state index in [0.717, 1.165) is 16.9 Å². The summed E-state index contributed by atoms with van der Waals surface area (Å²) >= 11 is 0. The molecule has 1 aliphatic rings. The quantitative estimate of drug-likeness (QED) is 0.941. The van der Waals surface area contributed by atoms with Crippen LogP contribution in [0.4, 0.5) is 0 Å². The van der Waals surface area contributed by atoms with Crippen LogP contribution in [-0.4, -0.2) is 15.0 Å². The van der Waals surface area contributed by atoms with E-state index in [2.05, 4.69) is 0 Å². The molecular weight excluding hydrogens is 298 g/mol. The van der Waals surface area contributed by atoms with Crippen molar-refractivity contribution in [2.75, 3.05) is 6.61 Å². The SMILES string of the molecule is Cc1cccc(OCC2=CS(=O)(=O)c3ccc(CN)cc32)c1. The Bertz CT molecular complexity index is 854. The second-order valence-corrected chi connectivity index (χ2v) is 7.09. The van der Waals surface area contributed by atoms with E-state index in [9.17, 15) is 8.42 Å². The van der Waals surface area contributed by atoms with Crippen LogP contribution < -0.4 is 10.5 Å². The van der Waals surface area contributed by atoms with Crippen LogP contribution in [0.1, 0.15) is 16.7 Å². The normalized spacial score (nSPS) is 15.3. The highest BCUT2D eigenvalue weighted by atomic mass is 32.2. The van der Waals surface area contributed by atoms with Crippen molar-refractivity contribution < 1.29 is 13.2 Å². The third kappa shape index (κ3) is 2.77. The molecule has 0 spiro atoms. The molecule has 3 rings (SSSR count). The number of sulfone groups is 1. The summed E-state index contributed by atoms with van der Waals surface area (Å²) in [4.78, 5) is 0.326. The van der Waals surface area contributed by atoms with E-state index in [0.29, 0.717) is 22.6 Å². The molecule has 1 aliphatic heterocycles. The average molecular weight is 315 g/mol. The summed E-state index contributed by atoms with van der Waals surface area (Å²) in [7, 11) is -3.38. The number of benzene rings is 2. The van der Waals surface area contributed by atoms with Crippen molar-refractivity contribution in [2.45, 2.75) is 18.4 Å². The standard InChI is InChI=1S/C17H17NO3S/c1-12-3-2-4-15(7-12)21-10-14-11-22(19,20)17-6-5-13(9-18)8-16(14)17/h2-8,11H,9-10,18H2,1H3. The third-order valence-corrected chi connectivity index (χ3v) is 5.18. The third-order valence-electron chi connectivity index (χ3n) is 3.61. The second kappa shape index (κ2) is 5.59. The molecule has 114 valence electrons. The first-order valence-electron chi connectivity index (χ1n) is 6.98. The van der Waals surface area contributed by atoms with E-state index in [-0.39, 0.29) is 6.61 Å². The smallest absolute Gasteiger partial charge is 0.200 e. The minimum Gasteiger partial charge on any atom is -0.489 e. The molecular formula is C17H17NO3S. The van der Waals surface area contributed by atoms with E-state index < -0.39 is 9.84 Å². The Morgan fingerprint density at radius 3 is 2.68 bits per heavy atom. The summed E-state index contributed by atoms with van der Waals surface area (Å²) < 4.78 is 30.1. The summed E-state index contributed by atoms with van der Waals surface area (Å²) in [5, 5.41) is 1.29. The highest BCUT2D eigenvalue weighted by Gasteiger charge is 2.27. The van der Waals surface area contributed by atoms with Crippen LogP contribution in [0.15, 0.2) is 52.8 Å². The van der Waals surface area contributed by atoms with E-state index >= 15 is 0 Å². The predicted octanol–water partition coefficient (Wildman–Crippen LogP) is 2.66. The zero-order chi connectivity index (χ0) is 15.7. The maximum Gasteiger partial charge on any atom is 0.200 e. The fourth-order valence-electron chi connectivity index (χ4n) is 2.50. The molecule has 0 bridgehead atoms. The molecule has 0 amide bonds. The summed E-state index contributed by atoms with van der Waals surface area (Å²) in [5.74, 6) is 0.724. The van der Waals surface area contributed by atoms with Crippen LogP contribution >= 0.6 is 0 Å². The van der Waals surface area contributed by atoms with Gasteiger partial charge in [0.1, 0.15) is 12.4 Å². The molecule has 0 radical (unpaired) electrons. The van der Waals surface area contributed by atoms with Crippen molar-refractivity contribution in [2.24, 2.45) is 5.73 Å². The molecule has 0 aromatic heterocycles. The number of hydrogen-bond donors (Lipinski definition) is 1. The maximum absolute atomic E-state index is 12.2. The van der Waals surface area contributed by atoms with E-state index in [1.165, 1.54) is 5.41 Å². The molecule has 0 fully saturated rings. The van der Waals surface area contributed by atoms with Gasteiger partial charge in [0, 0.05) is 23.1 Å². The van der Waals surface area contributed by atoms with Gasteiger partial charge < -0.3 is 10.5 Å². The Labute approximate surface area is 130 Å². The Hall–Kier alpha value is -2.11. The van der Waals surface area contributed by atoms with Crippen molar-refractivity contribution in [1.82, 2.24) is 0 Å². The Kier molecular flexibility index (Phi) is 3.76. The molecule has 0 saturated heterocycles. The van der Waals surface area contributed by atoms with Gasteiger partial charge in [-0.25, -0.2) is 8.42 Å². The topological polar surface area (TPSA) is 69.4 Å². The predicted molar refractivity (Wildman–Crippen MR) is 86.2 cm³/mol. The van der Waals surface area contributed by atoms with Crippen LogP contribution in [0.25, 0.3) is 5.57 Å². The van der Waals surface area contributed by atoms with Gasteiger partial charge in [-0.05, 0) is 42.3 Å². The van der Waals surface area contributed by atoms with Gasteiger partial charge >= 0.3 is 0 Å². The van der Waals surface area contributed by atoms with Crippen molar-refractivity contribution >= 4 is 15.4 Å². The van der Waals surface area contributed by atoms with Crippen molar-refractivity contribution in [1.29, 1.82) is 0 Å². The van der Waals surface area contributed by atoms with Crippen molar-refractivity contribution in [3.8, 4) is 5.75 Å². The minimum atomic E-state index is -3.38. The Morgan fingerprint density at radius 1 is 1.14 bits per heavy atom. The monoisotopic (exact) mass is 315 g/mol. The fraction of sp³-hybridized carbons (Fsp3) is 0.176. The van der Waals surface area contributed by atoms with Gasteiger partial charge in [-0.3, -0.25) is 0 Å². The summed E-state index contributed by atoms with van der Waals surface area (Å²) in [6.07, 6.45) is 0. The molecule has 1 heterocycles. The summed E-state index contributed by atoms with van der Waals surface area (Å²) in [5.41, 5.74) is 8.98. The highest BCUT2D eigenvalue weighted by Crippen LogP contribution is 2.34. The molecule has 0 saturated carbocycles. The van der Waals surface area contributed by atoms with E-state index in [1.54, 1.807) is 12.1 Å². The van der Waals surface area contributed by atoms with Crippen LogP contribution in [0.2, 0.25) is 0 Å². The molecule has 4 nitrogen and oxygen atoms in total. The lowest BCUT2D eigenvalue weighted by atomic mass is 10.1. The zero-order valence-electron chi connectivity index (χ0n) is 12.2. The first kappa shape index (κ1) is 14.8. The lowest BCUT2D eigenvalue weighted by Gasteiger charge is -2.09. The molecule has 5 heteroatoms. The minimum absolute atomic E-state index is 0.212. The van der Waals surface area contributed by atoms with Gasteiger partial charge in [0.2, 0.25) is 9.84 Å². The van der Waals surface area contributed by atoms with Crippen LogP contribution in [0.3, 0.4) is 0 Å². The first-order valence-corrected chi connectivity index (χ1v) is 8.53. The molecule has 2 aromatic rings. The van der Waals surface area contributed by atoms with Crippen molar-refractivity contribution in [3.05, 3.63) is 64.6 Å². The van der Waals surface area contributed by atoms with Gasteiger partial charge in [0.05, 0.1) is 4.90 Å². The average Bonchev–Trinajstić information content (AvgIpc) is 2.76. The van der Waals surface area contributed by atoms with Crippen LogP contribution in [0.5, 0.6) is 5.75 Å². The molecule has 2 aromatic carbocycles. The van der Waals surface area contributed by atoms with E-state index in [4.69, 9.17) is 10.5 Å². The molecule has 22 heavy (non-hydrogen) atoms. The maximum atomic E-state index is 12.2. The second-order valence-electron chi connectivity index (χ2n) is 5.33. The summed E-state index contributed by atoms with van der Waals surface area (Å²) in [6, 6.07) is 12.8. The van der Waals surface area contributed by atoms with Gasteiger partial charge in [0.25, 0.3) is 0 Å². The number of nitrogens with two attached hydrogens (primary N) is 1. The van der Waals surface area contributed by atoms with Crippen molar-refractivity contribution in [3.63, 3.8) is 0 Å². The lowest BCUT2D eigenvalue weighted by molar-refractivity contribution is 0.369. The van der Waals surface area contributed by atoms with Gasteiger partial charge in [-0.2, -0.15) is 0 Å². The number of rotatable bonds is 4. The molecule has 0 aliphatic carbocycles. The van der Waals surface area contributed by atoms with Gasteiger partial charge in [0.15, 0.2) is 0 Å². The fourth-order valence-corrected chi connectivity index (χ4v) is 3.95. The van der Waals surface area contributed by atoms with E-state index in [1.807, 2.05) is 37.3 Å². The van der Waals surface area contributed by atoms with Crippen LogP contribution in [0, 0.1) is 6.92 Å². The Morgan fingerprint density at radius 2 is 1.95 bits per heavy atom. The summed E-state index contributed by atoms with van der Waals surface area (Å²) in [6.45, 7) is 2.57. The van der Waals surface area contributed by atoms with Crippen LogP contribution in [-0.2, 0) is 16.4 Å². The zero-order valence-corrected chi connectivity index (χ0v) is 13.1. The number of aryl methyl sites for hydroxylation is 1. The number of ether oxygens (including phenoxy) is 1. The Balaban J connectivity index is 1.89. The number of fused-ring (bicyclic) bond motifs is 1. The number of hydrogen-bond acceptors (Lipinski definition) is 4. The van der Waals surface area contributed by atoms with Gasteiger partial charge in [-0.15, -0.1) is 0 Å².